The van der Waals surface area contributed by atoms with Gasteiger partial charge in [-0.25, -0.2) is 8.78 Å². The molecule has 8 heteroatoms. The maximum atomic E-state index is 13.5. The van der Waals surface area contributed by atoms with Gasteiger partial charge in [0, 0.05) is 24.3 Å². The normalized spacial score (nSPS) is 27.6. The van der Waals surface area contributed by atoms with Crippen molar-refractivity contribution in [2.24, 2.45) is 0 Å². The molecule has 2 aliphatic rings. The Kier molecular flexibility index (Phi) is 4.82. The predicted molar refractivity (Wildman–Crippen MR) is 83.3 cm³/mol. The third-order valence-corrected chi connectivity index (χ3v) is 5.05. The molecular weight excluding hydrogens is 324 g/mol. The Labute approximate surface area is 136 Å². The second kappa shape index (κ2) is 6.84. The molecule has 0 aliphatic carbocycles. The van der Waals surface area contributed by atoms with Gasteiger partial charge in [-0.1, -0.05) is 17.8 Å². The molecule has 0 radical (unpaired) electrons. The van der Waals surface area contributed by atoms with Crippen LogP contribution in [0, 0.1) is 11.6 Å². The fourth-order valence-corrected chi connectivity index (χ4v) is 3.74. The summed E-state index contributed by atoms with van der Waals surface area (Å²) in [7, 11) is 0. The molecule has 0 spiro atoms. The molecule has 2 fully saturated rings. The molecule has 2 saturated heterocycles. The summed E-state index contributed by atoms with van der Waals surface area (Å²) in [4.78, 5) is 23.4. The van der Waals surface area contributed by atoms with Crippen LogP contribution in [0.4, 0.5) is 13.6 Å². The van der Waals surface area contributed by atoms with Crippen LogP contribution in [0.1, 0.15) is 17.9 Å². The summed E-state index contributed by atoms with van der Waals surface area (Å²) >= 11 is 1.08. The highest BCUT2D eigenvalue weighted by atomic mass is 32.2. The average Bonchev–Trinajstić information content (AvgIpc) is 2.97. The second-order valence-corrected chi connectivity index (χ2v) is 6.68. The lowest BCUT2D eigenvalue weighted by atomic mass is 9.86. The summed E-state index contributed by atoms with van der Waals surface area (Å²) in [6.07, 6.45) is 0.710. The molecule has 2 amide bonds. The molecule has 0 aromatic heterocycles. The number of carbonyl (C=O) groups is 2. The van der Waals surface area contributed by atoms with Crippen molar-refractivity contribution in [1.29, 1.82) is 0 Å². The monoisotopic (exact) mass is 341 g/mol. The zero-order valence-corrected chi connectivity index (χ0v) is 13.1. The van der Waals surface area contributed by atoms with Crippen molar-refractivity contribution in [3.63, 3.8) is 0 Å². The van der Waals surface area contributed by atoms with Crippen LogP contribution in [0.5, 0.6) is 0 Å². The van der Waals surface area contributed by atoms with E-state index in [0.717, 1.165) is 24.4 Å². The molecule has 5 nitrogen and oxygen atoms in total. The fraction of sp³-hybridized carbons (Fsp3) is 0.467. The van der Waals surface area contributed by atoms with E-state index in [2.05, 4.69) is 16.0 Å². The molecule has 23 heavy (non-hydrogen) atoms. The van der Waals surface area contributed by atoms with Crippen molar-refractivity contribution in [2.45, 2.75) is 24.4 Å². The van der Waals surface area contributed by atoms with Crippen molar-refractivity contribution < 1.29 is 18.4 Å². The number of hydrogen-bond donors (Lipinski definition) is 3. The van der Waals surface area contributed by atoms with E-state index in [1.54, 1.807) is 6.07 Å². The number of piperidine rings is 1. The number of rotatable bonds is 3. The lowest BCUT2D eigenvalue weighted by molar-refractivity contribution is -0.123. The van der Waals surface area contributed by atoms with Gasteiger partial charge in [0.25, 0.3) is 5.24 Å². The molecule has 3 atom stereocenters. The molecular formula is C15H17F2N3O2S. The number of benzene rings is 1. The number of nitrogens with one attached hydrogen (secondary N) is 3. The van der Waals surface area contributed by atoms with Crippen LogP contribution < -0.4 is 16.0 Å². The first-order chi connectivity index (χ1) is 11.0. The van der Waals surface area contributed by atoms with E-state index in [-0.39, 0.29) is 23.1 Å². The Balaban J connectivity index is 1.72. The maximum absolute atomic E-state index is 13.5. The highest BCUT2D eigenvalue weighted by molar-refractivity contribution is 8.14. The SMILES string of the molecule is O=C1N[C@H](C(=O)NC2CNCCC2c2ccc(F)c(F)c2)CS1. The third-order valence-electron chi connectivity index (χ3n) is 4.17. The van der Waals surface area contributed by atoms with Gasteiger partial charge in [-0.15, -0.1) is 0 Å². The van der Waals surface area contributed by atoms with Gasteiger partial charge in [0.15, 0.2) is 11.6 Å². The number of halogens is 2. The zero-order valence-electron chi connectivity index (χ0n) is 12.3. The van der Waals surface area contributed by atoms with Crippen molar-refractivity contribution in [1.82, 2.24) is 16.0 Å². The first kappa shape index (κ1) is 16.2. The molecule has 0 bridgehead atoms. The van der Waals surface area contributed by atoms with Gasteiger partial charge in [-0.05, 0) is 30.7 Å². The standard InChI is InChI=1S/C15H17F2N3O2S/c16-10-2-1-8(5-11(10)17)9-3-4-18-6-12(9)19-14(21)13-7-23-15(22)20-13/h1-2,5,9,12-13,18H,3-4,6-7H2,(H,19,21)(H,20,22)/t9?,12?,13-/m0/s1. The van der Waals surface area contributed by atoms with Crippen molar-refractivity contribution in [3.8, 4) is 0 Å². The van der Waals surface area contributed by atoms with Gasteiger partial charge in [-0.3, -0.25) is 9.59 Å². The summed E-state index contributed by atoms with van der Waals surface area (Å²) in [6.45, 7) is 1.29. The fourth-order valence-electron chi connectivity index (χ4n) is 2.96. The van der Waals surface area contributed by atoms with Crippen LogP contribution in [-0.2, 0) is 4.79 Å². The van der Waals surface area contributed by atoms with E-state index >= 15 is 0 Å². The number of carbonyl (C=O) groups excluding carboxylic acids is 2. The minimum Gasteiger partial charge on any atom is -0.350 e. The molecule has 2 aliphatic heterocycles. The smallest absolute Gasteiger partial charge is 0.279 e. The van der Waals surface area contributed by atoms with Crippen molar-refractivity contribution in [2.75, 3.05) is 18.8 Å². The van der Waals surface area contributed by atoms with E-state index in [4.69, 9.17) is 0 Å². The van der Waals surface area contributed by atoms with Crippen molar-refractivity contribution in [3.05, 3.63) is 35.4 Å². The first-order valence-electron chi connectivity index (χ1n) is 7.44. The van der Waals surface area contributed by atoms with Crippen LogP contribution >= 0.6 is 11.8 Å². The Bertz CT molecular complexity index is 629. The topological polar surface area (TPSA) is 70.2 Å². The molecule has 0 saturated carbocycles. The second-order valence-electron chi connectivity index (χ2n) is 5.68. The van der Waals surface area contributed by atoms with Gasteiger partial charge < -0.3 is 16.0 Å². The van der Waals surface area contributed by atoms with E-state index in [9.17, 15) is 18.4 Å². The minimum atomic E-state index is -0.884. The van der Waals surface area contributed by atoms with Gasteiger partial charge in [0.1, 0.15) is 6.04 Å². The lowest BCUT2D eigenvalue weighted by Crippen LogP contribution is -2.54. The summed E-state index contributed by atoms with van der Waals surface area (Å²) in [6, 6.07) is 3.08. The van der Waals surface area contributed by atoms with E-state index in [1.165, 1.54) is 6.07 Å². The number of amides is 2. The Morgan fingerprint density at radius 2 is 2.13 bits per heavy atom. The van der Waals surface area contributed by atoms with E-state index < -0.39 is 17.7 Å². The van der Waals surface area contributed by atoms with Gasteiger partial charge in [-0.2, -0.15) is 0 Å². The van der Waals surface area contributed by atoms with Crippen LogP contribution in [0.2, 0.25) is 0 Å². The first-order valence-corrected chi connectivity index (χ1v) is 8.42. The van der Waals surface area contributed by atoms with Gasteiger partial charge >= 0.3 is 0 Å². The maximum Gasteiger partial charge on any atom is 0.279 e. The van der Waals surface area contributed by atoms with Crippen LogP contribution in [0.3, 0.4) is 0 Å². The highest BCUT2D eigenvalue weighted by Gasteiger charge is 2.33. The van der Waals surface area contributed by atoms with Gasteiger partial charge in [0.2, 0.25) is 5.91 Å². The Morgan fingerprint density at radius 3 is 2.83 bits per heavy atom. The van der Waals surface area contributed by atoms with Gasteiger partial charge in [0.05, 0.1) is 0 Å². The summed E-state index contributed by atoms with van der Waals surface area (Å²) in [5.41, 5.74) is 0.667. The summed E-state index contributed by atoms with van der Waals surface area (Å²) in [5, 5.41) is 8.50. The van der Waals surface area contributed by atoms with E-state index in [1.807, 2.05) is 0 Å². The summed E-state index contributed by atoms with van der Waals surface area (Å²) in [5.74, 6) is -1.70. The molecule has 124 valence electrons. The predicted octanol–water partition coefficient (Wildman–Crippen LogP) is 1.35. The zero-order chi connectivity index (χ0) is 16.4. The molecule has 1 aromatic rings. The Hall–Kier alpha value is -1.67. The molecule has 2 heterocycles. The molecule has 3 N–H and O–H groups in total. The third kappa shape index (κ3) is 3.64. The van der Waals surface area contributed by atoms with Crippen LogP contribution in [0.25, 0.3) is 0 Å². The molecule has 3 rings (SSSR count). The number of thioether (sulfide) groups is 1. The highest BCUT2D eigenvalue weighted by Crippen LogP contribution is 2.27. The number of hydrogen-bond acceptors (Lipinski definition) is 4. The quantitative estimate of drug-likeness (QED) is 0.776. The molecule has 2 unspecified atom stereocenters. The van der Waals surface area contributed by atoms with E-state index in [0.29, 0.717) is 24.3 Å². The van der Waals surface area contributed by atoms with Crippen LogP contribution in [-0.4, -0.2) is 42.1 Å². The molecule has 1 aromatic carbocycles. The largest absolute Gasteiger partial charge is 0.350 e. The average molecular weight is 341 g/mol. The van der Waals surface area contributed by atoms with Crippen LogP contribution in [0.15, 0.2) is 18.2 Å². The van der Waals surface area contributed by atoms with Crippen molar-refractivity contribution >= 4 is 22.9 Å². The minimum absolute atomic E-state index is 0.0972. The lowest BCUT2D eigenvalue weighted by Gasteiger charge is -2.33. The Morgan fingerprint density at radius 1 is 1.30 bits per heavy atom. The summed E-state index contributed by atoms with van der Waals surface area (Å²) < 4.78 is 26.6.